The molecule has 0 fully saturated rings. The van der Waals surface area contributed by atoms with Crippen molar-refractivity contribution in [3.05, 3.63) is 96.6 Å². The lowest BCUT2D eigenvalue weighted by Gasteiger charge is -2.10. The number of carbonyl (C=O) groups is 1. The first kappa shape index (κ1) is 15.8. The fourth-order valence-corrected chi connectivity index (χ4v) is 3.01. The summed E-state index contributed by atoms with van der Waals surface area (Å²) in [6.45, 7) is 0. The van der Waals surface area contributed by atoms with Crippen molar-refractivity contribution in [3.8, 4) is 28.2 Å². The Morgan fingerprint density at radius 1 is 0.808 bits per heavy atom. The fourth-order valence-electron chi connectivity index (χ4n) is 3.01. The second kappa shape index (κ2) is 6.69. The lowest BCUT2D eigenvalue weighted by molar-refractivity contribution is 0.100. The molecule has 0 aliphatic heterocycles. The first-order valence-electron chi connectivity index (χ1n) is 8.34. The molecule has 26 heavy (non-hydrogen) atoms. The highest BCUT2D eigenvalue weighted by Crippen LogP contribution is 2.30. The summed E-state index contributed by atoms with van der Waals surface area (Å²) >= 11 is 0. The maximum absolute atomic E-state index is 11.9. The first-order valence-corrected chi connectivity index (χ1v) is 8.34. The number of hydrogen-bond acceptors (Lipinski definition) is 2. The number of hydrogen-bond donors (Lipinski definition) is 1. The summed E-state index contributed by atoms with van der Waals surface area (Å²) in [4.78, 5) is 11.9. The van der Waals surface area contributed by atoms with E-state index >= 15 is 0 Å². The molecule has 4 heteroatoms. The normalized spacial score (nSPS) is 10.6. The van der Waals surface area contributed by atoms with Gasteiger partial charge in [-0.3, -0.25) is 4.79 Å². The molecule has 0 spiro atoms. The number of amides is 1. The van der Waals surface area contributed by atoms with E-state index in [-0.39, 0.29) is 0 Å². The van der Waals surface area contributed by atoms with E-state index in [0.717, 1.165) is 28.2 Å². The molecule has 0 aliphatic carbocycles. The second-order valence-electron chi connectivity index (χ2n) is 5.94. The van der Waals surface area contributed by atoms with Crippen LogP contribution in [0.2, 0.25) is 0 Å². The van der Waals surface area contributed by atoms with Crippen LogP contribution in [0.1, 0.15) is 10.4 Å². The molecular weight excluding hydrogens is 322 g/mol. The molecule has 2 N–H and O–H groups in total. The van der Waals surface area contributed by atoms with Gasteiger partial charge in [0.05, 0.1) is 17.1 Å². The number of nitrogens with zero attached hydrogens (tertiary/aromatic N) is 2. The lowest BCUT2D eigenvalue weighted by Crippen LogP contribution is -2.13. The maximum Gasteiger partial charge on any atom is 0.249 e. The number of rotatable bonds is 4. The Hall–Kier alpha value is -3.66. The zero-order chi connectivity index (χ0) is 17.9. The van der Waals surface area contributed by atoms with Gasteiger partial charge < -0.3 is 5.73 Å². The van der Waals surface area contributed by atoms with Gasteiger partial charge in [-0.15, -0.1) is 0 Å². The SMILES string of the molecule is NC(=O)c1ccccc1-c1cc(-c2ccccc2)nn1-c1ccccc1. The topological polar surface area (TPSA) is 60.9 Å². The Bertz CT molecular complexity index is 1050. The van der Waals surface area contributed by atoms with Crippen LogP contribution in [0.15, 0.2) is 91.0 Å². The lowest BCUT2D eigenvalue weighted by atomic mass is 10.0. The smallest absolute Gasteiger partial charge is 0.249 e. The molecule has 0 radical (unpaired) electrons. The van der Waals surface area contributed by atoms with Crippen LogP contribution in [0.5, 0.6) is 0 Å². The molecule has 4 nitrogen and oxygen atoms in total. The molecular formula is C22H17N3O. The minimum Gasteiger partial charge on any atom is -0.366 e. The van der Waals surface area contributed by atoms with E-state index in [4.69, 9.17) is 10.8 Å². The van der Waals surface area contributed by atoms with Gasteiger partial charge in [-0.2, -0.15) is 5.10 Å². The third-order valence-corrected chi connectivity index (χ3v) is 4.25. The zero-order valence-corrected chi connectivity index (χ0v) is 14.0. The van der Waals surface area contributed by atoms with E-state index in [9.17, 15) is 4.79 Å². The average Bonchev–Trinajstić information content (AvgIpc) is 3.14. The molecule has 126 valence electrons. The van der Waals surface area contributed by atoms with E-state index in [2.05, 4.69) is 0 Å². The number of nitrogens with two attached hydrogens (primary N) is 1. The van der Waals surface area contributed by atoms with Crippen molar-refractivity contribution in [3.63, 3.8) is 0 Å². The van der Waals surface area contributed by atoms with E-state index < -0.39 is 5.91 Å². The van der Waals surface area contributed by atoms with Gasteiger partial charge >= 0.3 is 0 Å². The van der Waals surface area contributed by atoms with Gasteiger partial charge in [0.1, 0.15) is 0 Å². The van der Waals surface area contributed by atoms with Crippen LogP contribution in [0.25, 0.3) is 28.2 Å². The minimum absolute atomic E-state index is 0.456. The summed E-state index contributed by atoms with van der Waals surface area (Å²) in [5.74, 6) is -0.456. The van der Waals surface area contributed by atoms with Crippen LogP contribution in [0.3, 0.4) is 0 Å². The third-order valence-electron chi connectivity index (χ3n) is 4.25. The van der Waals surface area contributed by atoms with E-state index in [1.54, 1.807) is 6.07 Å². The molecule has 1 amide bonds. The summed E-state index contributed by atoms with van der Waals surface area (Å²) < 4.78 is 1.85. The average molecular weight is 339 g/mol. The Labute approximate surface area is 151 Å². The molecule has 0 bridgehead atoms. The summed E-state index contributed by atoms with van der Waals surface area (Å²) in [7, 11) is 0. The highest BCUT2D eigenvalue weighted by atomic mass is 16.1. The van der Waals surface area contributed by atoms with Gasteiger partial charge in [0.2, 0.25) is 5.91 Å². The molecule has 0 aliphatic rings. The van der Waals surface area contributed by atoms with Gasteiger partial charge in [-0.05, 0) is 24.3 Å². The van der Waals surface area contributed by atoms with Crippen molar-refractivity contribution >= 4 is 5.91 Å². The standard InChI is InChI=1S/C22H17N3O/c23-22(26)19-14-8-7-13-18(19)21-15-20(16-9-3-1-4-10-16)24-25(21)17-11-5-2-6-12-17/h1-15H,(H2,23,26). The first-order chi connectivity index (χ1) is 12.7. The van der Waals surface area contributed by atoms with Crippen molar-refractivity contribution in [1.82, 2.24) is 9.78 Å². The quantitative estimate of drug-likeness (QED) is 0.602. The van der Waals surface area contributed by atoms with E-state index in [0.29, 0.717) is 5.56 Å². The van der Waals surface area contributed by atoms with Gasteiger partial charge in [0.25, 0.3) is 0 Å². The monoisotopic (exact) mass is 339 g/mol. The van der Waals surface area contributed by atoms with Crippen molar-refractivity contribution in [2.75, 3.05) is 0 Å². The molecule has 1 aromatic heterocycles. The Kier molecular flexibility index (Phi) is 4.07. The zero-order valence-electron chi connectivity index (χ0n) is 14.0. The molecule has 0 unspecified atom stereocenters. The molecule has 0 saturated heterocycles. The molecule has 0 atom stereocenters. The number of aromatic nitrogens is 2. The summed E-state index contributed by atoms with van der Waals surface area (Å²) in [5, 5.41) is 4.79. The largest absolute Gasteiger partial charge is 0.366 e. The van der Waals surface area contributed by atoms with Crippen LogP contribution < -0.4 is 5.73 Å². The van der Waals surface area contributed by atoms with Crippen LogP contribution in [-0.2, 0) is 0 Å². The van der Waals surface area contributed by atoms with Crippen molar-refractivity contribution in [1.29, 1.82) is 0 Å². The predicted octanol–water partition coefficient (Wildman–Crippen LogP) is 4.31. The Morgan fingerprint density at radius 3 is 2.12 bits per heavy atom. The molecule has 3 aromatic carbocycles. The number of para-hydroxylation sites is 1. The molecule has 1 heterocycles. The number of primary amides is 1. The summed E-state index contributed by atoms with van der Waals surface area (Å²) in [5.41, 5.74) is 10.4. The van der Waals surface area contributed by atoms with Crippen LogP contribution in [-0.4, -0.2) is 15.7 Å². The van der Waals surface area contributed by atoms with E-state index in [1.807, 2.05) is 89.6 Å². The minimum atomic E-state index is -0.456. The second-order valence-corrected chi connectivity index (χ2v) is 5.94. The third kappa shape index (κ3) is 2.89. The summed E-state index contributed by atoms with van der Waals surface area (Å²) in [6, 6.07) is 29.1. The Morgan fingerprint density at radius 2 is 1.42 bits per heavy atom. The van der Waals surface area contributed by atoms with Crippen LogP contribution >= 0.6 is 0 Å². The van der Waals surface area contributed by atoms with Gasteiger partial charge in [-0.25, -0.2) is 4.68 Å². The predicted molar refractivity (Wildman–Crippen MR) is 103 cm³/mol. The highest BCUT2D eigenvalue weighted by Gasteiger charge is 2.17. The van der Waals surface area contributed by atoms with Gasteiger partial charge in [0, 0.05) is 16.7 Å². The molecule has 0 saturated carbocycles. The van der Waals surface area contributed by atoms with Gasteiger partial charge in [-0.1, -0.05) is 66.7 Å². The highest BCUT2D eigenvalue weighted by molar-refractivity contribution is 5.99. The van der Waals surface area contributed by atoms with Crippen molar-refractivity contribution < 1.29 is 4.79 Å². The number of benzene rings is 3. The van der Waals surface area contributed by atoms with Gasteiger partial charge in [0.15, 0.2) is 0 Å². The van der Waals surface area contributed by atoms with Crippen molar-refractivity contribution in [2.24, 2.45) is 5.73 Å². The molecule has 4 aromatic rings. The molecule has 4 rings (SSSR count). The van der Waals surface area contributed by atoms with Crippen LogP contribution in [0, 0.1) is 0 Å². The maximum atomic E-state index is 11.9. The van der Waals surface area contributed by atoms with Crippen molar-refractivity contribution in [2.45, 2.75) is 0 Å². The Balaban J connectivity index is 1.97. The summed E-state index contributed by atoms with van der Waals surface area (Å²) in [6.07, 6.45) is 0. The van der Waals surface area contributed by atoms with E-state index in [1.165, 1.54) is 0 Å². The van der Waals surface area contributed by atoms with Crippen LogP contribution in [0.4, 0.5) is 0 Å². The fraction of sp³-hybridized carbons (Fsp3) is 0. The number of carbonyl (C=O) groups excluding carboxylic acids is 1.